The maximum absolute atomic E-state index is 5.61. The molecule has 0 saturated carbocycles. The number of hydrogen-bond donors (Lipinski definition) is 1. The molecule has 20 heavy (non-hydrogen) atoms. The van der Waals surface area contributed by atoms with Gasteiger partial charge in [-0.05, 0) is 38.1 Å². The van der Waals surface area contributed by atoms with Gasteiger partial charge in [0.15, 0.2) is 0 Å². The molecule has 0 aliphatic rings. The average Bonchev–Trinajstić information content (AvgIpc) is 2.45. The lowest BCUT2D eigenvalue weighted by atomic mass is 10.2. The van der Waals surface area contributed by atoms with Gasteiger partial charge in [0, 0.05) is 18.6 Å². The van der Waals surface area contributed by atoms with E-state index in [0.717, 1.165) is 24.3 Å². The average molecular weight is 297 g/mol. The van der Waals surface area contributed by atoms with Gasteiger partial charge in [-0.15, -0.1) is 0 Å². The molecule has 1 aromatic rings. The van der Waals surface area contributed by atoms with E-state index in [9.17, 15) is 0 Å². The largest absolute Gasteiger partial charge is 0.494 e. The van der Waals surface area contributed by atoms with Gasteiger partial charge in [-0.25, -0.2) is 0 Å². The van der Waals surface area contributed by atoms with E-state index in [1.807, 2.05) is 38.1 Å². The topological polar surface area (TPSA) is 53.7 Å². The zero-order valence-electron chi connectivity index (χ0n) is 12.1. The summed E-state index contributed by atoms with van der Waals surface area (Å²) >= 11 is 4.89. The summed E-state index contributed by atoms with van der Waals surface area (Å²) in [6.07, 6.45) is 0.966. The zero-order valence-corrected chi connectivity index (χ0v) is 12.9. The van der Waals surface area contributed by atoms with Gasteiger partial charge in [-0.3, -0.25) is 0 Å². The molecule has 1 aromatic carbocycles. The second-order valence-corrected chi connectivity index (χ2v) is 4.87. The van der Waals surface area contributed by atoms with E-state index in [4.69, 9.17) is 32.2 Å². The van der Waals surface area contributed by atoms with Crippen LogP contribution in [0.1, 0.15) is 25.8 Å². The van der Waals surface area contributed by atoms with E-state index in [1.54, 1.807) is 0 Å². The van der Waals surface area contributed by atoms with Crippen LogP contribution in [0, 0.1) is 0 Å². The molecule has 2 N–H and O–H groups in total. The summed E-state index contributed by atoms with van der Waals surface area (Å²) in [4.78, 5) is 0.397. The summed E-state index contributed by atoms with van der Waals surface area (Å²) < 4.78 is 16.5. The van der Waals surface area contributed by atoms with Crippen LogP contribution in [0.15, 0.2) is 24.3 Å². The van der Waals surface area contributed by atoms with Crippen molar-refractivity contribution in [2.24, 2.45) is 5.73 Å². The Balaban J connectivity index is 2.13. The quantitative estimate of drug-likeness (QED) is 0.531. The first-order chi connectivity index (χ1) is 9.63. The van der Waals surface area contributed by atoms with E-state index >= 15 is 0 Å². The van der Waals surface area contributed by atoms with Gasteiger partial charge < -0.3 is 19.9 Å². The molecule has 0 aromatic heterocycles. The molecule has 5 heteroatoms. The second-order valence-electron chi connectivity index (χ2n) is 4.43. The van der Waals surface area contributed by atoms with Crippen molar-refractivity contribution in [3.05, 3.63) is 29.8 Å². The molecule has 0 saturated heterocycles. The van der Waals surface area contributed by atoms with Crippen molar-refractivity contribution in [3.63, 3.8) is 0 Å². The van der Waals surface area contributed by atoms with Crippen LogP contribution >= 0.6 is 12.2 Å². The molecule has 0 fully saturated rings. The Morgan fingerprint density at radius 1 is 1.25 bits per heavy atom. The van der Waals surface area contributed by atoms with Gasteiger partial charge in [0.25, 0.3) is 0 Å². The summed E-state index contributed by atoms with van der Waals surface area (Å²) in [5.41, 5.74) is 6.38. The van der Waals surface area contributed by atoms with Gasteiger partial charge in [-0.2, -0.15) is 0 Å². The molecule has 0 aliphatic heterocycles. The van der Waals surface area contributed by atoms with Gasteiger partial charge >= 0.3 is 0 Å². The second kappa shape index (κ2) is 9.69. The Morgan fingerprint density at radius 2 is 1.95 bits per heavy atom. The monoisotopic (exact) mass is 297 g/mol. The highest BCUT2D eigenvalue weighted by Crippen LogP contribution is 2.12. The lowest BCUT2D eigenvalue weighted by Gasteiger charge is -2.13. The third-order valence-corrected chi connectivity index (χ3v) is 2.89. The molecule has 0 heterocycles. The summed E-state index contributed by atoms with van der Waals surface area (Å²) in [6, 6.07) is 7.46. The summed E-state index contributed by atoms with van der Waals surface area (Å²) in [6.45, 7) is 6.62. The minimum atomic E-state index is 0.125. The summed E-state index contributed by atoms with van der Waals surface area (Å²) in [5, 5.41) is 0. The number of hydrogen-bond acceptors (Lipinski definition) is 4. The van der Waals surface area contributed by atoms with Crippen LogP contribution in [0.4, 0.5) is 0 Å². The Bertz CT molecular complexity index is 395. The van der Waals surface area contributed by atoms with Gasteiger partial charge in [0.1, 0.15) is 10.7 Å². The van der Waals surface area contributed by atoms with Crippen molar-refractivity contribution < 1.29 is 14.2 Å². The smallest absolute Gasteiger partial charge is 0.119 e. The Labute approximate surface area is 126 Å². The van der Waals surface area contributed by atoms with E-state index in [0.29, 0.717) is 24.8 Å². The molecule has 1 unspecified atom stereocenters. The van der Waals surface area contributed by atoms with Crippen molar-refractivity contribution in [2.75, 3.05) is 26.4 Å². The fraction of sp³-hybridized carbons (Fsp3) is 0.533. The zero-order chi connectivity index (χ0) is 14.8. The number of rotatable bonds is 10. The highest BCUT2D eigenvalue weighted by molar-refractivity contribution is 7.80. The molecule has 112 valence electrons. The lowest BCUT2D eigenvalue weighted by molar-refractivity contribution is -0.00666. The van der Waals surface area contributed by atoms with Crippen LogP contribution in [-0.4, -0.2) is 37.5 Å². The third kappa shape index (κ3) is 6.84. The fourth-order valence-corrected chi connectivity index (χ4v) is 1.72. The molecule has 0 spiro atoms. The molecule has 0 amide bonds. The highest BCUT2D eigenvalue weighted by atomic mass is 32.1. The molecule has 4 nitrogen and oxygen atoms in total. The Kier molecular flexibility index (Phi) is 8.18. The molecule has 0 bridgehead atoms. The van der Waals surface area contributed by atoms with E-state index < -0.39 is 0 Å². The maximum atomic E-state index is 5.61. The number of benzene rings is 1. The van der Waals surface area contributed by atoms with E-state index in [2.05, 4.69) is 0 Å². The van der Waals surface area contributed by atoms with Crippen molar-refractivity contribution in [1.29, 1.82) is 0 Å². The van der Waals surface area contributed by atoms with Gasteiger partial charge in [0.05, 0.1) is 25.9 Å². The lowest BCUT2D eigenvalue weighted by Crippen LogP contribution is -2.17. The number of nitrogens with two attached hydrogens (primary N) is 1. The Hall–Kier alpha value is -1.17. The van der Waals surface area contributed by atoms with Crippen LogP contribution in [0.5, 0.6) is 5.75 Å². The molecular formula is C15H23NO3S. The highest BCUT2D eigenvalue weighted by Gasteiger charge is 2.02. The van der Waals surface area contributed by atoms with Crippen molar-refractivity contribution in [2.45, 2.75) is 26.4 Å². The number of ether oxygens (including phenoxy) is 3. The molecular weight excluding hydrogens is 274 g/mol. The molecule has 1 rings (SSSR count). The van der Waals surface area contributed by atoms with Crippen LogP contribution in [0.3, 0.4) is 0 Å². The van der Waals surface area contributed by atoms with Crippen LogP contribution in [-0.2, 0) is 9.47 Å². The first-order valence-electron chi connectivity index (χ1n) is 6.85. The minimum absolute atomic E-state index is 0.125. The van der Waals surface area contributed by atoms with Crippen molar-refractivity contribution in [3.8, 4) is 5.75 Å². The van der Waals surface area contributed by atoms with Crippen LogP contribution in [0.2, 0.25) is 0 Å². The molecule has 0 aliphatic carbocycles. The SMILES string of the molecule is CCOCC(C)OCCCOc1ccc(C(N)=S)cc1. The standard InChI is InChI=1S/C15H23NO3S/c1-3-17-11-12(2)18-9-4-10-19-14-7-5-13(6-8-14)15(16)20/h5-8,12H,3-4,9-11H2,1-2H3,(H2,16,20). The Morgan fingerprint density at radius 3 is 2.55 bits per heavy atom. The first kappa shape index (κ1) is 16.9. The number of thiocarbonyl (C=S) groups is 1. The summed E-state index contributed by atoms with van der Waals surface area (Å²) in [7, 11) is 0. The third-order valence-electron chi connectivity index (χ3n) is 2.66. The van der Waals surface area contributed by atoms with Gasteiger partial charge in [-0.1, -0.05) is 12.2 Å². The minimum Gasteiger partial charge on any atom is -0.494 e. The van der Waals surface area contributed by atoms with Crippen molar-refractivity contribution in [1.82, 2.24) is 0 Å². The first-order valence-corrected chi connectivity index (χ1v) is 7.26. The van der Waals surface area contributed by atoms with E-state index in [-0.39, 0.29) is 6.10 Å². The van der Waals surface area contributed by atoms with Crippen molar-refractivity contribution >= 4 is 17.2 Å². The fourth-order valence-electron chi connectivity index (χ4n) is 1.58. The van der Waals surface area contributed by atoms with E-state index in [1.165, 1.54) is 0 Å². The normalized spacial score (nSPS) is 12.1. The molecule has 0 radical (unpaired) electrons. The maximum Gasteiger partial charge on any atom is 0.119 e. The van der Waals surface area contributed by atoms with Crippen LogP contribution in [0.25, 0.3) is 0 Å². The van der Waals surface area contributed by atoms with Gasteiger partial charge in [0.2, 0.25) is 0 Å². The molecule has 1 atom stereocenters. The predicted molar refractivity (Wildman–Crippen MR) is 84.3 cm³/mol. The van der Waals surface area contributed by atoms with Crippen LogP contribution < -0.4 is 10.5 Å². The summed E-state index contributed by atoms with van der Waals surface area (Å²) in [5.74, 6) is 0.812. The predicted octanol–water partition coefficient (Wildman–Crippen LogP) is 2.53.